The van der Waals surface area contributed by atoms with Gasteiger partial charge in [0.05, 0.1) is 0 Å². The van der Waals surface area contributed by atoms with E-state index >= 15 is 0 Å². The Morgan fingerprint density at radius 1 is 1.25 bits per heavy atom. The molecule has 2 aromatic rings. The van der Waals surface area contributed by atoms with E-state index in [9.17, 15) is 4.79 Å². The fourth-order valence-electron chi connectivity index (χ4n) is 2.54. The third kappa shape index (κ3) is 2.90. The minimum atomic E-state index is -0.0356. The van der Waals surface area contributed by atoms with Crippen LogP contribution in [0.2, 0.25) is 0 Å². The second kappa shape index (κ2) is 5.75. The molecule has 104 valence electrons. The zero-order chi connectivity index (χ0) is 13.9. The second-order valence-electron chi connectivity index (χ2n) is 5.36. The average Bonchev–Trinajstić information content (AvgIpc) is 3.10. The van der Waals surface area contributed by atoms with Gasteiger partial charge in [0, 0.05) is 17.0 Å². The molecule has 1 N–H and O–H groups in total. The maximum atomic E-state index is 12.1. The molecule has 0 spiro atoms. The van der Waals surface area contributed by atoms with Crippen LogP contribution in [0, 0.1) is 6.92 Å². The van der Waals surface area contributed by atoms with Crippen LogP contribution in [0.5, 0.6) is 0 Å². The van der Waals surface area contributed by atoms with Crippen molar-refractivity contribution >= 4 is 17.2 Å². The lowest BCUT2D eigenvalue weighted by molar-refractivity contribution is 0.0933. The van der Waals surface area contributed by atoms with E-state index in [2.05, 4.69) is 29.4 Å². The topological polar surface area (TPSA) is 42.0 Å². The molecule has 1 aliphatic carbocycles. The molecule has 1 heterocycles. The smallest absolute Gasteiger partial charge is 0.270 e. The quantitative estimate of drug-likeness (QED) is 0.932. The van der Waals surface area contributed by atoms with Gasteiger partial charge in [-0.25, -0.2) is 4.98 Å². The largest absolute Gasteiger partial charge is 0.348 e. The van der Waals surface area contributed by atoms with Crippen LogP contribution in [0.25, 0.3) is 10.6 Å². The van der Waals surface area contributed by atoms with Gasteiger partial charge in [0.15, 0.2) is 0 Å². The van der Waals surface area contributed by atoms with Crippen molar-refractivity contribution in [1.29, 1.82) is 0 Å². The number of carbonyl (C=O) groups is 1. The second-order valence-corrected chi connectivity index (χ2v) is 6.22. The third-order valence-corrected chi connectivity index (χ3v) is 4.62. The van der Waals surface area contributed by atoms with Crippen molar-refractivity contribution in [2.45, 2.75) is 38.6 Å². The number of benzene rings is 1. The summed E-state index contributed by atoms with van der Waals surface area (Å²) in [7, 11) is 0. The first-order valence-electron chi connectivity index (χ1n) is 7.06. The van der Waals surface area contributed by atoms with E-state index in [0.29, 0.717) is 11.7 Å². The Labute approximate surface area is 123 Å². The van der Waals surface area contributed by atoms with Crippen LogP contribution in [0.1, 0.15) is 41.7 Å². The first kappa shape index (κ1) is 13.3. The number of thiazole rings is 1. The van der Waals surface area contributed by atoms with Crippen molar-refractivity contribution in [2.24, 2.45) is 0 Å². The molecule has 1 aromatic carbocycles. The number of aryl methyl sites for hydroxylation is 1. The number of nitrogens with one attached hydrogen (secondary N) is 1. The summed E-state index contributed by atoms with van der Waals surface area (Å²) in [5.41, 5.74) is 2.84. The molecule has 1 amide bonds. The summed E-state index contributed by atoms with van der Waals surface area (Å²) >= 11 is 1.52. The zero-order valence-electron chi connectivity index (χ0n) is 11.6. The third-order valence-electron chi connectivity index (χ3n) is 3.73. The Bertz CT molecular complexity index is 597. The summed E-state index contributed by atoms with van der Waals surface area (Å²) < 4.78 is 0. The van der Waals surface area contributed by atoms with Gasteiger partial charge in [0.2, 0.25) is 0 Å². The fourth-order valence-corrected chi connectivity index (χ4v) is 3.34. The maximum Gasteiger partial charge on any atom is 0.270 e. The van der Waals surface area contributed by atoms with Crippen molar-refractivity contribution < 1.29 is 4.79 Å². The summed E-state index contributed by atoms with van der Waals surface area (Å²) in [6, 6.07) is 8.57. The predicted molar refractivity (Wildman–Crippen MR) is 82.0 cm³/mol. The lowest BCUT2D eigenvalue weighted by atomic mass is 10.2. The minimum Gasteiger partial charge on any atom is -0.348 e. The van der Waals surface area contributed by atoms with Crippen molar-refractivity contribution in [3.8, 4) is 10.6 Å². The molecule has 0 unspecified atom stereocenters. The number of rotatable bonds is 3. The van der Waals surface area contributed by atoms with Crippen molar-refractivity contribution in [1.82, 2.24) is 10.3 Å². The van der Waals surface area contributed by atoms with Gasteiger partial charge in [-0.15, -0.1) is 11.3 Å². The number of aromatic nitrogens is 1. The molecule has 1 fully saturated rings. The van der Waals surface area contributed by atoms with Gasteiger partial charge in [0.25, 0.3) is 5.91 Å². The first-order valence-corrected chi connectivity index (χ1v) is 7.94. The molecule has 0 bridgehead atoms. The standard InChI is InChI=1S/C16H18N2OS/c1-11-6-8-12(9-7-11)16-18-14(10-20-16)15(19)17-13-4-2-3-5-13/h6-10,13H,2-5H2,1H3,(H,17,19). The molecule has 1 saturated carbocycles. The van der Waals surface area contributed by atoms with E-state index in [-0.39, 0.29) is 5.91 Å². The van der Waals surface area contributed by atoms with Gasteiger partial charge < -0.3 is 5.32 Å². The SMILES string of the molecule is Cc1ccc(-c2nc(C(=O)NC3CCCC3)cs2)cc1. The number of hydrogen-bond donors (Lipinski definition) is 1. The molecule has 1 aromatic heterocycles. The lowest BCUT2D eigenvalue weighted by Gasteiger charge is -2.09. The van der Waals surface area contributed by atoms with Gasteiger partial charge in [-0.05, 0) is 19.8 Å². The molecule has 3 nitrogen and oxygen atoms in total. The zero-order valence-corrected chi connectivity index (χ0v) is 12.4. The van der Waals surface area contributed by atoms with Crippen LogP contribution in [-0.2, 0) is 0 Å². The van der Waals surface area contributed by atoms with E-state index < -0.39 is 0 Å². The molecule has 0 radical (unpaired) electrons. The van der Waals surface area contributed by atoms with Crippen molar-refractivity contribution in [3.05, 3.63) is 40.9 Å². The summed E-state index contributed by atoms with van der Waals surface area (Å²) in [5, 5.41) is 5.83. The molecular formula is C16H18N2OS. The normalized spacial score (nSPS) is 15.4. The highest BCUT2D eigenvalue weighted by Crippen LogP contribution is 2.24. The molecule has 0 aliphatic heterocycles. The van der Waals surface area contributed by atoms with E-state index in [1.807, 2.05) is 17.5 Å². The van der Waals surface area contributed by atoms with Gasteiger partial charge in [-0.1, -0.05) is 42.7 Å². The van der Waals surface area contributed by atoms with Crippen LogP contribution in [0.15, 0.2) is 29.6 Å². The molecule has 4 heteroatoms. The highest BCUT2D eigenvalue weighted by Gasteiger charge is 2.19. The number of amides is 1. The van der Waals surface area contributed by atoms with Crippen LogP contribution >= 0.6 is 11.3 Å². The first-order chi connectivity index (χ1) is 9.72. The van der Waals surface area contributed by atoms with E-state index in [4.69, 9.17) is 0 Å². The van der Waals surface area contributed by atoms with Crippen LogP contribution in [-0.4, -0.2) is 16.9 Å². The molecule has 0 saturated heterocycles. The minimum absolute atomic E-state index is 0.0356. The summed E-state index contributed by atoms with van der Waals surface area (Å²) in [4.78, 5) is 16.6. The monoisotopic (exact) mass is 286 g/mol. The van der Waals surface area contributed by atoms with Crippen LogP contribution < -0.4 is 5.32 Å². The van der Waals surface area contributed by atoms with E-state index in [1.165, 1.54) is 29.7 Å². The number of hydrogen-bond acceptors (Lipinski definition) is 3. The predicted octanol–water partition coefficient (Wildman–Crippen LogP) is 3.79. The Balaban J connectivity index is 1.72. The van der Waals surface area contributed by atoms with Gasteiger partial charge in [-0.2, -0.15) is 0 Å². The summed E-state index contributed by atoms with van der Waals surface area (Å²) in [6.45, 7) is 2.06. The fraction of sp³-hybridized carbons (Fsp3) is 0.375. The highest BCUT2D eigenvalue weighted by molar-refractivity contribution is 7.13. The molecule has 20 heavy (non-hydrogen) atoms. The number of nitrogens with zero attached hydrogens (tertiary/aromatic N) is 1. The summed E-state index contributed by atoms with van der Waals surface area (Å²) in [6.07, 6.45) is 4.63. The van der Waals surface area contributed by atoms with Gasteiger partial charge in [-0.3, -0.25) is 4.79 Å². The number of carbonyl (C=O) groups excluding carboxylic acids is 1. The van der Waals surface area contributed by atoms with Crippen LogP contribution in [0.3, 0.4) is 0 Å². The Kier molecular flexibility index (Phi) is 3.83. The molecule has 0 atom stereocenters. The van der Waals surface area contributed by atoms with Gasteiger partial charge >= 0.3 is 0 Å². The van der Waals surface area contributed by atoms with Crippen molar-refractivity contribution in [3.63, 3.8) is 0 Å². The van der Waals surface area contributed by atoms with Crippen LogP contribution in [0.4, 0.5) is 0 Å². The lowest BCUT2D eigenvalue weighted by Crippen LogP contribution is -2.32. The van der Waals surface area contributed by atoms with E-state index in [0.717, 1.165) is 23.4 Å². The van der Waals surface area contributed by atoms with E-state index in [1.54, 1.807) is 0 Å². The average molecular weight is 286 g/mol. The van der Waals surface area contributed by atoms with Crippen molar-refractivity contribution in [2.75, 3.05) is 0 Å². The molecular weight excluding hydrogens is 268 g/mol. The Morgan fingerprint density at radius 2 is 1.95 bits per heavy atom. The molecule has 3 rings (SSSR count). The molecule has 1 aliphatic rings. The Morgan fingerprint density at radius 3 is 2.65 bits per heavy atom. The summed E-state index contributed by atoms with van der Waals surface area (Å²) in [5.74, 6) is -0.0356. The highest BCUT2D eigenvalue weighted by atomic mass is 32.1. The van der Waals surface area contributed by atoms with Gasteiger partial charge in [0.1, 0.15) is 10.7 Å². The maximum absolute atomic E-state index is 12.1. The Hall–Kier alpha value is -1.68.